The Morgan fingerprint density at radius 3 is 2.92 bits per heavy atom. The molecule has 1 fully saturated rings. The monoisotopic (exact) mass is 334 g/mol. The first-order valence-corrected chi connectivity index (χ1v) is 7.85. The molecule has 0 aliphatic carbocycles. The Morgan fingerprint density at radius 1 is 1.46 bits per heavy atom. The number of amides is 1. The second-order valence-electron chi connectivity index (χ2n) is 5.95. The molecule has 128 valence electrons. The number of benzene rings is 1. The Bertz CT molecular complexity index is 770. The molecular formula is C17H19FN2O4. The van der Waals surface area contributed by atoms with E-state index < -0.39 is 6.09 Å². The lowest BCUT2D eigenvalue weighted by molar-refractivity contribution is 0.0814. The van der Waals surface area contributed by atoms with E-state index in [2.05, 4.69) is 5.16 Å². The summed E-state index contributed by atoms with van der Waals surface area (Å²) in [5.74, 6) is 0.280. The van der Waals surface area contributed by atoms with Crippen LogP contribution in [0, 0.1) is 5.82 Å². The number of halogens is 1. The molecule has 1 amide bonds. The Hall–Kier alpha value is -2.57. The maximum atomic E-state index is 14.0. The molecule has 0 radical (unpaired) electrons. The zero-order chi connectivity index (χ0) is 17.1. The molecule has 3 rings (SSSR count). The highest BCUT2D eigenvalue weighted by atomic mass is 19.1. The Kier molecular flexibility index (Phi) is 4.69. The lowest BCUT2D eigenvalue weighted by Gasteiger charge is -2.38. The highest BCUT2D eigenvalue weighted by molar-refractivity contribution is 5.68. The van der Waals surface area contributed by atoms with Crippen LogP contribution in [0.15, 0.2) is 39.6 Å². The minimum Gasteiger partial charge on any atom is -0.453 e. The molecule has 2 atom stereocenters. The molecular weight excluding hydrogens is 315 g/mol. The van der Waals surface area contributed by atoms with Crippen molar-refractivity contribution in [3.05, 3.63) is 57.8 Å². The van der Waals surface area contributed by atoms with Crippen LogP contribution in [0.2, 0.25) is 0 Å². The fourth-order valence-electron chi connectivity index (χ4n) is 3.28. The van der Waals surface area contributed by atoms with Crippen LogP contribution in [0.5, 0.6) is 0 Å². The molecule has 0 spiro atoms. The summed E-state index contributed by atoms with van der Waals surface area (Å²) in [4.78, 5) is 24.9. The van der Waals surface area contributed by atoms with E-state index in [1.165, 1.54) is 19.2 Å². The number of aromatic amines is 1. The summed E-state index contributed by atoms with van der Waals surface area (Å²) in [6.45, 7) is 0.464. The minimum atomic E-state index is -0.426. The van der Waals surface area contributed by atoms with E-state index in [4.69, 9.17) is 9.26 Å². The molecule has 1 aromatic heterocycles. The standard InChI is InChI=1S/C17H19FN2O4/c1-23-17(22)20-7-6-12(15-10-16(21)19-24-15)9-13(20)8-11-4-2-3-5-14(11)18/h2-5,10,12-13H,6-9H2,1H3,(H,19,21)/t12-,13+/m0/s1. The van der Waals surface area contributed by atoms with E-state index in [9.17, 15) is 14.0 Å². The topological polar surface area (TPSA) is 75.5 Å². The molecule has 1 aromatic carbocycles. The number of carbonyl (C=O) groups is 1. The molecule has 0 bridgehead atoms. The average Bonchev–Trinajstić information content (AvgIpc) is 3.03. The van der Waals surface area contributed by atoms with Crippen LogP contribution < -0.4 is 5.56 Å². The molecule has 1 N–H and O–H groups in total. The van der Waals surface area contributed by atoms with Gasteiger partial charge in [-0.2, -0.15) is 5.16 Å². The molecule has 0 saturated carbocycles. The van der Waals surface area contributed by atoms with Gasteiger partial charge in [-0.1, -0.05) is 18.2 Å². The number of piperidine rings is 1. The van der Waals surface area contributed by atoms with Crippen molar-refractivity contribution in [2.45, 2.75) is 31.2 Å². The third-order valence-corrected chi connectivity index (χ3v) is 4.48. The number of nitrogens with zero attached hydrogens (tertiary/aromatic N) is 1. The Labute approximate surface area is 138 Å². The molecule has 7 heteroatoms. The van der Waals surface area contributed by atoms with Crippen LogP contribution in [0.3, 0.4) is 0 Å². The van der Waals surface area contributed by atoms with Gasteiger partial charge in [0.1, 0.15) is 11.6 Å². The van der Waals surface area contributed by atoms with Gasteiger partial charge >= 0.3 is 6.09 Å². The third-order valence-electron chi connectivity index (χ3n) is 4.48. The van der Waals surface area contributed by atoms with Crippen LogP contribution in [0.25, 0.3) is 0 Å². The summed E-state index contributed by atoms with van der Waals surface area (Å²) >= 11 is 0. The van der Waals surface area contributed by atoms with Crippen LogP contribution in [-0.4, -0.2) is 35.8 Å². The molecule has 1 saturated heterocycles. The van der Waals surface area contributed by atoms with E-state index in [1.807, 2.05) is 0 Å². The van der Waals surface area contributed by atoms with Gasteiger partial charge in [0.25, 0.3) is 5.56 Å². The van der Waals surface area contributed by atoms with Gasteiger partial charge in [-0.15, -0.1) is 0 Å². The molecule has 2 aromatic rings. The van der Waals surface area contributed by atoms with Crippen molar-refractivity contribution in [3.63, 3.8) is 0 Å². The van der Waals surface area contributed by atoms with E-state index in [0.717, 1.165) is 0 Å². The number of hydrogen-bond donors (Lipinski definition) is 1. The summed E-state index contributed by atoms with van der Waals surface area (Å²) < 4.78 is 24.0. The summed E-state index contributed by atoms with van der Waals surface area (Å²) in [5.41, 5.74) is 0.263. The van der Waals surface area contributed by atoms with Crippen LogP contribution in [0.4, 0.5) is 9.18 Å². The zero-order valence-electron chi connectivity index (χ0n) is 13.3. The van der Waals surface area contributed by atoms with Crippen molar-refractivity contribution >= 4 is 6.09 Å². The van der Waals surface area contributed by atoms with E-state index in [-0.39, 0.29) is 23.3 Å². The van der Waals surface area contributed by atoms with Gasteiger partial charge in [0.2, 0.25) is 0 Å². The molecule has 6 nitrogen and oxygen atoms in total. The first-order chi connectivity index (χ1) is 11.6. The fraction of sp³-hybridized carbons (Fsp3) is 0.412. The summed E-state index contributed by atoms with van der Waals surface area (Å²) in [6.07, 6.45) is 1.19. The van der Waals surface area contributed by atoms with Crippen LogP contribution in [-0.2, 0) is 11.2 Å². The number of nitrogens with one attached hydrogen (secondary N) is 1. The largest absolute Gasteiger partial charge is 0.453 e. The third kappa shape index (κ3) is 3.34. The lowest BCUT2D eigenvalue weighted by Crippen LogP contribution is -2.46. The summed E-state index contributed by atoms with van der Waals surface area (Å²) in [6, 6.07) is 7.72. The van der Waals surface area contributed by atoms with E-state index in [1.54, 1.807) is 23.1 Å². The van der Waals surface area contributed by atoms with Crippen molar-refractivity contribution in [2.24, 2.45) is 0 Å². The van der Waals surface area contributed by atoms with Crippen molar-refractivity contribution in [1.82, 2.24) is 10.1 Å². The quantitative estimate of drug-likeness (QED) is 0.936. The molecule has 1 aliphatic rings. The number of rotatable bonds is 3. The van der Waals surface area contributed by atoms with Crippen LogP contribution in [0.1, 0.15) is 30.1 Å². The maximum Gasteiger partial charge on any atom is 0.409 e. The number of hydrogen-bond acceptors (Lipinski definition) is 4. The van der Waals surface area contributed by atoms with E-state index >= 15 is 0 Å². The second-order valence-corrected chi connectivity index (χ2v) is 5.95. The molecule has 2 heterocycles. The van der Waals surface area contributed by atoms with Gasteiger partial charge in [-0.05, 0) is 30.9 Å². The lowest BCUT2D eigenvalue weighted by atomic mass is 9.86. The van der Waals surface area contributed by atoms with Crippen molar-refractivity contribution in [2.75, 3.05) is 13.7 Å². The first-order valence-electron chi connectivity index (χ1n) is 7.85. The normalized spacial score (nSPS) is 20.8. The molecule has 24 heavy (non-hydrogen) atoms. The SMILES string of the molecule is COC(=O)N1CC[C@H](c2cc(=O)[nH]o2)C[C@H]1Cc1ccccc1F. The van der Waals surface area contributed by atoms with Crippen LogP contribution >= 0.6 is 0 Å². The highest BCUT2D eigenvalue weighted by Gasteiger charge is 2.34. The summed E-state index contributed by atoms with van der Waals surface area (Å²) in [5, 5.41) is 2.29. The Morgan fingerprint density at radius 2 is 2.25 bits per heavy atom. The smallest absolute Gasteiger partial charge is 0.409 e. The average molecular weight is 334 g/mol. The van der Waals surface area contributed by atoms with Gasteiger partial charge in [-0.25, -0.2) is 9.18 Å². The second kappa shape index (κ2) is 6.90. The maximum absolute atomic E-state index is 14.0. The zero-order valence-corrected chi connectivity index (χ0v) is 13.3. The Balaban J connectivity index is 1.82. The molecule has 0 unspecified atom stereocenters. The van der Waals surface area contributed by atoms with Gasteiger partial charge in [-0.3, -0.25) is 4.79 Å². The highest BCUT2D eigenvalue weighted by Crippen LogP contribution is 2.33. The number of ether oxygens (including phenoxy) is 1. The van der Waals surface area contributed by atoms with Crippen molar-refractivity contribution < 1.29 is 18.4 Å². The first kappa shape index (κ1) is 16.3. The number of H-pyrrole nitrogens is 1. The van der Waals surface area contributed by atoms with Crippen molar-refractivity contribution in [1.29, 1.82) is 0 Å². The minimum absolute atomic E-state index is 0.00151. The number of methoxy groups -OCH3 is 1. The fourth-order valence-corrected chi connectivity index (χ4v) is 3.28. The predicted molar refractivity (Wildman–Crippen MR) is 84.3 cm³/mol. The van der Waals surface area contributed by atoms with Gasteiger partial charge in [0.15, 0.2) is 0 Å². The van der Waals surface area contributed by atoms with E-state index in [0.29, 0.717) is 37.1 Å². The number of carbonyl (C=O) groups excluding carboxylic acids is 1. The van der Waals surface area contributed by atoms with Gasteiger partial charge in [0.05, 0.1) is 7.11 Å². The molecule has 1 aliphatic heterocycles. The summed E-state index contributed by atoms with van der Waals surface area (Å²) in [7, 11) is 1.33. The van der Waals surface area contributed by atoms with Crippen molar-refractivity contribution in [3.8, 4) is 0 Å². The van der Waals surface area contributed by atoms with Gasteiger partial charge in [0, 0.05) is 24.6 Å². The number of likely N-dealkylation sites (tertiary alicyclic amines) is 1. The number of aromatic nitrogens is 1. The predicted octanol–water partition coefficient (Wildman–Crippen LogP) is 2.66. The van der Waals surface area contributed by atoms with Gasteiger partial charge < -0.3 is 14.2 Å².